The Bertz CT molecular complexity index is 795. The number of primary amides is 1. The lowest BCUT2D eigenvalue weighted by molar-refractivity contribution is -0.134. The maximum absolute atomic E-state index is 12.8. The van der Waals surface area contributed by atoms with E-state index in [1.54, 1.807) is 38.1 Å². The lowest BCUT2D eigenvalue weighted by atomic mass is 9.99. The van der Waals surface area contributed by atoms with E-state index in [0.717, 1.165) is 4.90 Å². The molecule has 2 atom stereocenters. The Morgan fingerprint density at radius 1 is 1.35 bits per heavy atom. The number of anilines is 1. The number of nitrogens with one attached hydrogen (secondary N) is 1. The van der Waals surface area contributed by atoms with Crippen molar-refractivity contribution in [2.24, 2.45) is 5.73 Å². The number of carbonyl (C=O) groups is 4. The van der Waals surface area contributed by atoms with Crippen LogP contribution in [0.4, 0.5) is 10.5 Å². The number of hydrogen-bond acceptors (Lipinski definition) is 5. The molecule has 0 spiro atoms. The second-order valence-electron chi connectivity index (χ2n) is 6.49. The smallest absolute Gasteiger partial charge is 0.325 e. The second-order valence-corrected chi connectivity index (χ2v) is 6.49. The minimum absolute atomic E-state index is 0.0835. The molecule has 0 saturated carbocycles. The summed E-state index contributed by atoms with van der Waals surface area (Å²) in [5.74, 6) is -1.32. The van der Waals surface area contributed by atoms with Gasteiger partial charge in [-0.05, 0) is 25.5 Å². The summed E-state index contributed by atoms with van der Waals surface area (Å²) in [5, 5.41) is 2.60. The van der Waals surface area contributed by atoms with Gasteiger partial charge in [0.1, 0.15) is 17.8 Å². The van der Waals surface area contributed by atoms with Gasteiger partial charge in [0.2, 0.25) is 5.91 Å². The van der Waals surface area contributed by atoms with E-state index in [-0.39, 0.29) is 6.54 Å². The van der Waals surface area contributed by atoms with Crippen LogP contribution >= 0.6 is 0 Å². The molecule has 1 aromatic rings. The predicted octanol–water partition coefficient (Wildman–Crippen LogP) is -0.0136. The number of ether oxygens (including phenoxy) is 1. The zero-order valence-electron chi connectivity index (χ0n) is 14.5. The third-order valence-corrected chi connectivity index (χ3v) is 4.74. The SMILES string of the molecule is CC[C@]1(C)NC(=O)N(CC(=O)N2C[C@H](C(N)=O)Oc3ccccc32)C1=O. The molecular weight excluding hydrogens is 340 g/mol. The van der Waals surface area contributed by atoms with Crippen LogP contribution in [0.5, 0.6) is 5.75 Å². The predicted molar refractivity (Wildman–Crippen MR) is 91.3 cm³/mol. The molecule has 0 radical (unpaired) electrons. The number of para-hydroxylation sites is 2. The van der Waals surface area contributed by atoms with Crippen LogP contribution in [0.1, 0.15) is 20.3 Å². The van der Waals surface area contributed by atoms with Crippen molar-refractivity contribution in [3.05, 3.63) is 24.3 Å². The van der Waals surface area contributed by atoms with Crippen LogP contribution in [0.2, 0.25) is 0 Å². The zero-order chi connectivity index (χ0) is 19.1. The average molecular weight is 360 g/mol. The van der Waals surface area contributed by atoms with Crippen molar-refractivity contribution < 1.29 is 23.9 Å². The van der Waals surface area contributed by atoms with Crippen molar-refractivity contribution in [1.82, 2.24) is 10.2 Å². The highest BCUT2D eigenvalue weighted by atomic mass is 16.5. The molecule has 1 saturated heterocycles. The maximum atomic E-state index is 12.8. The van der Waals surface area contributed by atoms with Crippen LogP contribution in [0.15, 0.2) is 24.3 Å². The molecule has 2 aliphatic heterocycles. The fraction of sp³-hybridized carbons (Fsp3) is 0.412. The fourth-order valence-corrected chi connectivity index (χ4v) is 2.97. The Balaban J connectivity index is 1.84. The summed E-state index contributed by atoms with van der Waals surface area (Å²) in [4.78, 5) is 51.2. The molecule has 0 unspecified atom stereocenters. The number of amides is 5. The first-order valence-corrected chi connectivity index (χ1v) is 8.26. The highest BCUT2D eigenvalue weighted by molar-refractivity contribution is 6.10. The van der Waals surface area contributed by atoms with Crippen molar-refractivity contribution >= 4 is 29.4 Å². The van der Waals surface area contributed by atoms with Crippen molar-refractivity contribution in [3.8, 4) is 5.75 Å². The number of rotatable bonds is 4. The van der Waals surface area contributed by atoms with Gasteiger partial charge in [0.25, 0.3) is 11.8 Å². The monoisotopic (exact) mass is 360 g/mol. The molecular formula is C17H20N4O5. The molecule has 0 aromatic heterocycles. The van der Waals surface area contributed by atoms with E-state index >= 15 is 0 Å². The van der Waals surface area contributed by atoms with Crippen molar-refractivity contribution in [2.45, 2.75) is 31.9 Å². The number of fused-ring (bicyclic) bond motifs is 1. The number of carbonyl (C=O) groups excluding carboxylic acids is 4. The summed E-state index contributed by atoms with van der Waals surface area (Å²) in [6.07, 6.45) is -0.593. The summed E-state index contributed by atoms with van der Waals surface area (Å²) < 4.78 is 5.51. The van der Waals surface area contributed by atoms with Crippen LogP contribution < -0.4 is 20.7 Å². The summed E-state index contributed by atoms with van der Waals surface area (Å²) in [6, 6.07) is 6.09. The Morgan fingerprint density at radius 3 is 2.65 bits per heavy atom. The van der Waals surface area contributed by atoms with E-state index < -0.39 is 41.9 Å². The van der Waals surface area contributed by atoms with Gasteiger partial charge in [-0.3, -0.25) is 19.3 Å². The molecule has 3 N–H and O–H groups in total. The van der Waals surface area contributed by atoms with Gasteiger partial charge in [-0.15, -0.1) is 0 Å². The summed E-state index contributed by atoms with van der Waals surface area (Å²) >= 11 is 0. The number of imide groups is 1. The lowest BCUT2D eigenvalue weighted by Crippen LogP contribution is -2.52. The fourth-order valence-electron chi connectivity index (χ4n) is 2.97. The maximum Gasteiger partial charge on any atom is 0.325 e. The van der Waals surface area contributed by atoms with Gasteiger partial charge in [-0.1, -0.05) is 19.1 Å². The van der Waals surface area contributed by atoms with Gasteiger partial charge in [-0.2, -0.15) is 0 Å². The van der Waals surface area contributed by atoms with Crippen LogP contribution in [0, 0.1) is 0 Å². The van der Waals surface area contributed by atoms with Crippen molar-refractivity contribution in [3.63, 3.8) is 0 Å². The topological polar surface area (TPSA) is 122 Å². The summed E-state index contributed by atoms with van der Waals surface area (Å²) in [5.41, 5.74) is 4.76. The molecule has 1 aromatic carbocycles. The first-order valence-electron chi connectivity index (χ1n) is 8.26. The number of nitrogens with two attached hydrogens (primary N) is 1. The zero-order valence-corrected chi connectivity index (χ0v) is 14.5. The van der Waals surface area contributed by atoms with Gasteiger partial charge in [-0.25, -0.2) is 4.79 Å². The Labute approximate surface area is 150 Å². The summed E-state index contributed by atoms with van der Waals surface area (Å²) in [7, 11) is 0. The van der Waals surface area contributed by atoms with Crippen LogP contribution in [0.3, 0.4) is 0 Å². The molecule has 2 aliphatic rings. The largest absolute Gasteiger partial charge is 0.477 e. The van der Waals surface area contributed by atoms with Gasteiger partial charge in [0.15, 0.2) is 6.10 Å². The molecule has 26 heavy (non-hydrogen) atoms. The molecule has 9 heteroatoms. The molecule has 9 nitrogen and oxygen atoms in total. The minimum atomic E-state index is -1.02. The van der Waals surface area contributed by atoms with E-state index in [2.05, 4.69) is 5.32 Å². The average Bonchev–Trinajstić information content (AvgIpc) is 2.84. The van der Waals surface area contributed by atoms with Crippen molar-refractivity contribution in [2.75, 3.05) is 18.0 Å². The lowest BCUT2D eigenvalue weighted by Gasteiger charge is -2.34. The van der Waals surface area contributed by atoms with Crippen molar-refractivity contribution in [1.29, 1.82) is 0 Å². The van der Waals surface area contributed by atoms with Gasteiger partial charge in [0.05, 0.1) is 12.2 Å². The number of benzene rings is 1. The third kappa shape index (κ3) is 2.85. The molecule has 0 bridgehead atoms. The Kier molecular flexibility index (Phi) is 4.31. The highest BCUT2D eigenvalue weighted by Crippen LogP contribution is 2.33. The Hall–Kier alpha value is -3.10. The van der Waals surface area contributed by atoms with E-state index in [0.29, 0.717) is 17.9 Å². The van der Waals surface area contributed by atoms with Crippen LogP contribution in [0.25, 0.3) is 0 Å². The highest BCUT2D eigenvalue weighted by Gasteiger charge is 2.47. The normalized spacial score (nSPS) is 24.8. The second kappa shape index (κ2) is 6.32. The first-order chi connectivity index (χ1) is 12.3. The molecule has 1 fully saturated rings. The third-order valence-electron chi connectivity index (χ3n) is 4.74. The molecule has 0 aliphatic carbocycles. The standard InChI is InChI=1S/C17H20N4O5/c1-3-17(2)15(24)21(16(25)19-17)9-13(22)20-8-12(14(18)23)26-11-7-5-4-6-10(11)20/h4-7,12H,3,8-9H2,1-2H3,(H2,18,23)(H,19,25)/t12-,17+/m1/s1. The van der Waals surface area contributed by atoms with Crippen LogP contribution in [-0.2, 0) is 14.4 Å². The molecule has 5 amide bonds. The number of nitrogens with zero attached hydrogens (tertiary/aromatic N) is 2. The summed E-state index contributed by atoms with van der Waals surface area (Å²) in [6.45, 7) is 2.88. The number of urea groups is 1. The van der Waals surface area contributed by atoms with E-state index in [1.165, 1.54) is 4.90 Å². The molecule has 3 rings (SSSR count). The molecule has 2 heterocycles. The quantitative estimate of drug-likeness (QED) is 0.731. The first kappa shape index (κ1) is 17.7. The molecule has 138 valence electrons. The van der Waals surface area contributed by atoms with Gasteiger partial charge < -0.3 is 20.7 Å². The van der Waals surface area contributed by atoms with Gasteiger partial charge in [0, 0.05) is 0 Å². The number of hydrogen-bond donors (Lipinski definition) is 2. The van der Waals surface area contributed by atoms with E-state index in [9.17, 15) is 19.2 Å². The van der Waals surface area contributed by atoms with E-state index in [1.807, 2.05) is 0 Å². The van der Waals surface area contributed by atoms with Crippen LogP contribution in [-0.4, -0.2) is 53.4 Å². The minimum Gasteiger partial charge on any atom is -0.477 e. The Morgan fingerprint density at radius 2 is 2.04 bits per heavy atom. The van der Waals surface area contributed by atoms with Gasteiger partial charge >= 0.3 is 6.03 Å². The van der Waals surface area contributed by atoms with E-state index in [4.69, 9.17) is 10.5 Å².